The Morgan fingerprint density at radius 1 is 1.69 bits per heavy atom. The molecule has 1 aliphatic rings. The second kappa shape index (κ2) is 5.01. The molecule has 1 aliphatic heterocycles. The lowest BCUT2D eigenvalue weighted by Crippen LogP contribution is -2.48. The minimum absolute atomic E-state index is 0.151. The Labute approximate surface area is 113 Å². The molecule has 1 aromatic rings. The summed E-state index contributed by atoms with van der Waals surface area (Å²) >= 11 is 3.85. The highest BCUT2D eigenvalue weighted by molar-refractivity contribution is 14.1. The predicted molar refractivity (Wildman–Crippen MR) is 74.7 cm³/mol. The summed E-state index contributed by atoms with van der Waals surface area (Å²) in [7, 11) is 0. The largest absolute Gasteiger partial charge is 0.336 e. The molecule has 1 saturated heterocycles. The van der Waals surface area contributed by atoms with E-state index in [2.05, 4.69) is 29.5 Å². The van der Waals surface area contributed by atoms with Gasteiger partial charge < -0.3 is 10.6 Å². The monoisotopic (exact) mass is 350 g/mol. The Morgan fingerprint density at radius 2 is 2.44 bits per heavy atom. The molecule has 0 aliphatic carbocycles. The maximum atomic E-state index is 12.2. The van der Waals surface area contributed by atoms with Crippen LogP contribution >= 0.6 is 33.9 Å². The minimum Gasteiger partial charge on any atom is -0.336 e. The van der Waals surface area contributed by atoms with Crippen LogP contribution in [0.15, 0.2) is 11.4 Å². The van der Waals surface area contributed by atoms with Crippen molar-refractivity contribution in [2.75, 3.05) is 6.54 Å². The number of thiophene rings is 1. The van der Waals surface area contributed by atoms with E-state index in [0.717, 1.165) is 27.8 Å². The molecule has 1 aromatic heterocycles. The molecular formula is C11H15IN2OS. The maximum absolute atomic E-state index is 12.2. The third-order valence-corrected chi connectivity index (χ3v) is 4.78. The number of likely N-dealkylation sites (tertiary alicyclic amines) is 1. The van der Waals surface area contributed by atoms with Crippen LogP contribution in [0.2, 0.25) is 0 Å². The number of hydrogen-bond donors (Lipinski definition) is 1. The molecule has 3 nitrogen and oxygen atoms in total. The summed E-state index contributed by atoms with van der Waals surface area (Å²) in [5, 5.41) is 1.94. The Kier molecular flexibility index (Phi) is 3.86. The lowest BCUT2D eigenvalue weighted by molar-refractivity contribution is 0.0619. The van der Waals surface area contributed by atoms with Crippen molar-refractivity contribution >= 4 is 39.8 Å². The van der Waals surface area contributed by atoms with E-state index in [1.165, 1.54) is 0 Å². The molecule has 0 radical (unpaired) electrons. The number of nitrogens with two attached hydrogens (primary N) is 1. The number of carbonyl (C=O) groups excluding carboxylic acids is 1. The summed E-state index contributed by atoms with van der Waals surface area (Å²) in [6.45, 7) is 2.86. The van der Waals surface area contributed by atoms with Gasteiger partial charge in [-0.15, -0.1) is 11.3 Å². The molecule has 0 bridgehead atoms. The first kappa shape index (κ1) is 12.3. The summed E-state index contributed by atoms with van der Waals surface area (Å²) in [5.41, 5.74) is 6.71. The van der Waals surface area contributed by atoms with Gasteiger partial charge in [0.25, 0.3) is 5.91 Å². The molecule has 1 amide bonds. The van der Waals surface area contributed by atoms with Gasteiger partial charge in [0.05, 0.1) is 8.45 Å². The fourth-order valence-electron chi connectivity index (χ4n) is 2.10. The molecule has 2 heterocycles. The number of rotatable bonds is 1. The third kappa shape index (κ3) is 2.57. The van der Waals surface area contributed by atoms with Crippen molar-refractivity contribution in [3.05, 3.63) is 19.9 Å². The fourth-order valence-corrected chi connectivity index (χ4v) is 3.42. The van der Waals surface area contributed by atoms with Crippen LogP contribution in [0.25, 0.3) is 0 Å². The molecule has 0 spiro atoms. The molecule has 0 saturated carbocycles. The van der Waals surface area contributed by atoms with Gasteiger partial charge in [0.1, 0.15) is 0 Å². The first-order valence-corrected chi connectivity index (χ1v) is 7.34. The van der Waals surface area contributed by atoms with E-state index in [0.29, 0.717) is 0 Å². The van der Waals surface area contributed by atoms with E-state index in [1.807, 2.05) is 16.3 Å². The Morgan fingerprint density at radius 3 is 3.00 bits per heavy atom. The standard InChI is InChI=1S/C11H15IN2OS/c1-7-4-9(13)2-3-14(7)11(15)8-5-10(12)16-6-8/h5-7,9H,2-4,13H2,1H3. The Bertz CT molecular complexity index is 393. The topological polar surface area (TPSA) is 46.3 Å². The minimum atomic E-state index is 0.151. The summed E-state index contributed by atoms with van der Waals surface area (Å²) in [6.07, 6.45) is 1.82. The van der Waals surface area contributed by atoms with E-state index in [4.69, 9.17) is 5.73 Å². The van der Waals surface area contributed by atoms with Crippen LogP contribution in [0.3, 0.4) is 0 Å². The van der Waals surface area contributed by atoms with Gasteiger partial charge in [0.2, 0.25) is 0 Å². The average molecular weight is 350 g/mol. The number of amides is 1. The highest BCUT2D eigenvalue weighted by Gasteiger charge is 2.27. The zero-order valence-corrected chi connectivity index (χ0v) is 12.1. The average Bonchev–Trinajstić information content (AvgIpc) is 2.64. The number of carbonyl (C=O) groups is 1. The van der Waals surface area contributed by atoms with E-state index in [1.54, 1.807) is 11.3 Å². The van der Waals surface area contributed by atoms with Gasteiger partial charge in [-0.1, -0.05) is 0 Å². The quantitative estimate of drug-likeness (QED) is 0.790. The normalized spacial score (nSPS) is 25.8. The second-order valence-electron chi connectivity index (χ2n) is 4.27. The zero-order valence-electron chi connectivity index (χ0n) is 9.15. The molecule has 5 heteroatoms. The van der Waals surface area contributed by atoms with Crippen molar-refractivity contribution in [1.29, 1.82) is 0 Å². The van der Waals surface area contributed by atoms with E-state index < -0.39 is 0 Å². The van der Waals surface area contributed by atoms with Crippen molar-refractivity contribution in [3.63, 3.8) is 0 Å². The van der Waals surface area contributed by atoms with Crippen LogP contribution in [0.4, 0.5) is 0 Å². The second-order valence-corrected chi connectivity index (χ2v) is 7.08. The molecule has 16 heavy (non-hydrogen) atoms. The lowest BCUT2D eigenvalue weighted by Gasteiger charge is -2.36. The van der Waals surface area contributed by atoms with Crippen LogP contribution in [-0.4, -0.2) is 29.4 Å². The molecule has 0 aromatic carbocycles. The number of nitrogens with zero attached hydrogens (tertiary/aromatic N) is 1. The Balaban J connectivity index is 2.10. The van der Waals surface area contributed by atoms with Gasteiger partial charge in [-0.2, -0.15) is 0 Å². The number of halogens is 1. The highest BCUT2D eigenvalue weighted by Crippen LogP contribution is 2.22. The third-order valence-electron chi connectivity index (χ3n) is 2.99. The van der Waals surface area contributed by atoms with Gasteiger partial charge in [-0.3, -0.25) is 4.79 Å². The van der Waals surface area contributed by atoms with Gasteiger partial charge in [-0.05, 0) is 48.4 Å². The van der Waals surface area contributed by atoms with Crippen LogP contribution < -0.4 is 5.73 Å². The predicted octanol–water partition coefficient (Wildman–Crippen LogP) is 2.30. The van der Waals surface area contributed by atoms with Crippen LogP contribution in [0.1, 0.15) is 30.1 Å². The first-order valence-electron chi connectivity index (χ1n) is 5.38. The molecule has 1 fully saturated rings. The van der Waals surface area contributed by atoms with Crippen LogP contribution in [0, 0.1) is 2.88 Å². The molecular weight excluding hydrogens is 335 g/mol. The van der Waals surface area contributed by atoms with Crippen molar-refractivity contribution in [3.8, 4) is 0 Å². The van der Waals surface area contributed by atoms with E-state index in [9.17, 15) is 4.79 Å². The zero-order chi connectivity index (χ0) is 11.7. The van der Waals surface area contributed by atoms with Crippen LogP contribution in [0.5, 0.6) is 0 Å². The maximum Gasteiger partial charge on any atom is 0.254 e. The highest BCUT2D eigenvalue weighted by atomic mass is 127. The fraction of sp³-hybridized carbons (Fsp3) is 0.545. The van der Waals surface area contributed by atoms with Crippen molar-refractivity contribution < 1.29 is 4.79 Å². The molecule has 2 rings (SSSR count). The van der Waals surface area contributed by atoms with Gasteiger partial charge in [-0.25, -0.2) is 0 Å². The van der Waals surface area contributed by atoms with E-state index in [-0.39, 0.29) is 18.0 Å². The number of piperidine rings is 1. The molecule has 2 unspecified atom stereocenters. The van der Waals surface area contributed by atoms with E-state index >= 15 is 0 Å². The van der Waals surface area contributed by atoms with Crippen molar-refractivity contribution in [1.82, 2.24) is 4.90 Å². The van der Waals surface area contributed by atoms with Gasteiger partial charge in [0, 0.05) is 24.0 Å². The summed E-state index contributed by atoms with van der Waals surface area (Å²) < 4.78 is 1.15. The van der Waals surface area contributed by atoms with Gasteiger partial charge in [0.15, 0.2) is 0 Å². The Hall–Kier alpha value is -0.140. The summed E-state index contributed by atoms with van der Waals surface area (Å²) in [4.78, 5) is 14.2. The molecule has 88 valence electrons. The van der Waals surface area contributed by atoms with Crippen LogP contribution in [-0.2, 0) is 0 Å². The smallest absolute Gasteiger partial charge is 0.254 e. The summed E-state index contributed by atoms with van der Waals surface area (Å²) in [6, 6.07) is 2.46. The summed E-state index contributed by atoms with van der Waals surface area (Å²) in [5.74, 6) is 0.151. The molecule has 2 N–H and O–H groups in total. The molecule has 2 atom stereocenters. The van der Waals surface area contributed by atoms with Crippen molar-refractivity contribution in [2.24, 2.45) is 5.73 Å². The first-order chi connectivity index (χ1) is 7.58. The SMILES string of the molecule is CC1CC(N)CCN1C(=O)c1csc(I)c1. The number of hydrogen-bond acceptors (Lipinski definition) is 3. The van der Waals surface area contributed by atoms with Crippen molar-refractivity contribution in [2.45, 2.75) is 31.8 Å². The van der Waals surface area contributed by atoms with Gasteiger partial charge >= 0.3 is 0 Å². The lowest BCUT2D eigenvalue weighted by atomic mass is 9.98.